The molecule has 1 saturated carbocycles. The van der Waals surface area contributed by atoms with Gasteiger partial charge in [0.25, 0.3) is 5.91 Å². The van der Waals surface area contributed by atoms with E-state index in [2.05, 4.69) is 16.0 Å². The van der Waals surface area contributed by atoms with E-state index < -0.39 is 0 Å². The summed E-state index contributed by atoms with van der Waals surface area (Å²) in [6, 6.07) is 6.94. The number of nitrogens with one attached hydrogen (secondary N) is 3. The molecule has 2 aliphatic rings. The Balaban J connectivity index is 1.36. The fourth-order valence-electron chi connectivity index (χ4n) is 3.53. The molecular weight excluding hydrogens is 306 g/mol. The molecule has 0 radical (unpaired) electrons. The molecule has 6 heteroatoms. The lowest BCUT2D eigenvalue weighted by molar-refractivity contribution is -0.123. The zero-order valence-electron chi connectivity index (χ0n) is 14.1. The topological polar surface area (TPSA) is 79.5 Å². The average Bonchev–Trinajstić information content (AvgIpc) is 3.32. The van der Waals surface area contributed by atoms with Gasteiger partial charge in [-0.3, -0.25) is 9.59 Å². The van der Waals surface area contributed by atoms with Crippen LogP contribution in [-0.2, 0) is 4.79 Å². The monoisotopic (exact) mass is 331 g/mol. The van der Waals surface area contributed by atoms with Gasteiger partial charge in [-0.2, -0.15) is 0 Å². The Morgan fingerprint density at radius 3 is 2.50 bits per heavy atom. The number of piperidine rings is 1. The zero-order valence-corrected chi connectivity index (χ0v) is 14.1. The molecule has 1 unspecified atom stereocenters. The highest BCUT2D eigenvalue weighted by Crippen LogP contribution is 2.58. The number of benzene rings is 1. The maximum atomic E-state index is 12.2. The first-order valence-electron chi connectivity index (χ1n) is 8.55. The molecule has 130 valence electrons. The van der Waals surface area contributed by atoms with Crippen LogP contribution >= 0.6 is 0 Å². The summed E-state index contributed by atoms with van der Waals surface area (Å²) >= 11 is 0. The number of hydrogen-bond donors (Lipinski definition) is 3. The summed E-state index contributed by atoms with van der Waals surface area (Å²) in [6.45, 7) is 2.92. The summed E-state index contributed by atoms with van der Waals surface area (Å²) in [5.41, 5.74) is 0.833. The van der Waals surface area contributed by atoms with E-state index in [1.165, 1.54) is 0 Å². The van der Waals surface area contributed by atoms with Gasteiger partial charge in [0.05, 0.1) is 7.11 Å². The van der Waals surface area contributed by atoms with E-state index in [4.69, 9.17) is 4.74 Å². The molecule has 1 spiro atoms. The summed E-state index contributed by atoms with van der Waals surface area (Å²) in [5, 5.41) is 9.11. The van der Waals surface area contributed by atoms with Crippen LogP contribution in [0.4, 0.5) is 0 Å². The molecule has 1 aromatic rings. The van der Waals surface area contributed by atoms with Gasteiger partial charge < -0.3 is 20.7 Å². The van der Waals surface area contributed by atoms with Crippen LogP contribution < -0.4 is 20.7 Å². The molecule has 3 N–H and O–H groups in total. The summed E-state index contributed by atoms with van der Waals surface area (Å²) in [4.78, 5) is 24.2. The largest absolute Gasteiger partial charge is 0.497 e. The first-order chi connectivity index (χ1) is 11.6. The Morgan fingerprint density at radius 2 is 1.83 bits per heavy atom. The summed E-state index contributed by atoms with van der Waals surface area (Å²) in [5.74, 6) is 0.871. The quantitative estimate of drug-likeness (QED) is 0.678. The molecule has 0 bridgehead atoms. The van der Waals surface area contributed by atoms with Gasteiger partial charge >= 0.3 is 0 Å². The molecular formula is C18H25N3O3. The third-order valence-corrected chi connectivity index (χ3v) is 5.17. The fraction of sp³-hybridized carbons (Fsp3) is 0.556. The molecule has 0 aromatic heterocycles. The third kappa shape index (κ3) is 3.70. The summed E-state index contributed by atoms with van der Waals surface area (Å²) in [6.07, 6.45) is 3.21. The normalized spacial score (nSPS) is 21.1. The van der Waals surface area contributed by atoms with Crippen LogP contribution in [0.5, 0.6) is 5.75 Å². The van der Waals surface area contributed by atoms with Crippen LogP contribution in [-0.4, -0.2) is 45.1 Å². The van der Waals surface area contributed by atoms with Gasteiger partial charge in [-0.25, -0.2) is 0 Å². The summed E-state index contributed by atoms with van der Waals surface area (Å²) in [7, 11) is 1.59. The number of amides is 2. The van der Waals surface area contributed by atoms with E-state index >= 15 is 0 Å². The number of rotatable bonds is 6. The van der Waals surface area contributed by atoms with Crippen molar-refractivity contribution < 1.29 is 14.3 Å². The van der Waals surface area contributed by atoms with Crippen molar-refractivity contribution in [1.82, 2.24) is 16.0 Å². The molecule has 2 fully saturated rings. The predicted molar refractivity (Wildman–Crippen MR) is 91.0 cm³/mol. The van der Waals surface area contributed by atoms with Crippen molar-refractivity contribution >= 4 is 11.8 Å². The van der Waals surface area contributed by atoms with Crippen LogP contribution in [0.2, 0.25) is 0 Å². The Labute approximate surface area is 142 Å². The smallest absolute Gasteiger partial charge is 0.251 e. The van der Waals surface area contributed by atoms with Crippen molar-refractivity contribution in [2.24, 2.45) is 11.3 Å². The molecule has 24 heavy (non-hydrogen) atoms. The van der Waals surface area contributed by atoms with Crippen LogP contribution in [0, 0.1) is 11.3 Å². The van der Waals surface area contributed by atoms with Crippen LogP contribution in [0.15, 0.2) is 24.3 Å². The van der Waals surface area contributed by atoms with E-state index in [1.54, 1.807) is 31.4 Å². The maximum absolute atomic E-state index is 12.2. The first kappa shape index (κ1) is 16.8. The molecule has 6 nitrogen and oxygen atoms in total. The SMILES string of the molecule is COc1ccc(C(=O)NCCNC(=O)C2CC23CCNCC3)cc1. The highest BCUT2D eigenvalue weighted by atomic mass is 16.5. The fourth-order valence-corrected chi connectivity index (χ4v) is 3.53. The molecule has 2 amide bonds. The summed E-state index contributed by atoms with van der Waals surface area (Å²) < 4.78 is 5.07. The lowest BCUT2D eigenvalue weighted by Gasteiger charge is -2.23. The van der Waals surface area contributed by atoms with Gasteiger partial charge in [-0.15, -0.1) is 0 Å². The van der Waals surface area contributed by atoms with Crippen molar-refractivity contribution in [3.05, 3.63) is 29.8 Å². The second-order valence-electron chi connectivity index (χ2n) is 6.64. The number of ether oxygens (including phenoxy) is 1. The van der Waals surface area contributed by atoms with E-state index in [-0.39, 0.29) is 23.1 Å². The van der Waals surface area contributed by atoms with Crippen molar-refractivity contribution in [2.75, 3.05) is 33.3 Å². The van der Waals surface area contributed by atoms with E-state index in [1.807, 2.05) is 0 Å². The Hall–Kier alpha value is -2.08. The third-order valence-electron chi connectivity index (χ3n) is 5.17. The molecule has 1 atom stereocenters. The Bertz CT molecular complexity index is 594. The van der Waals surface area contributed by atoms with Crippen molar-refractivity contribution in [3.63, 3.8) is 0 Å². The molecule has 1 aromatic carbocycles. The number of hydrogen-bond acceptors (Lipinski definition) is 4. The number of carbonyl (C=O) groups is 2. The predicted octanol–water partition coefficient (Wildman–Crippen LogP) is 0.931. The van der Waals surface area contributed by atoms with Crippen molar-refractivity contribution in [3.8, 4) is 5.75 Å². The van der Waals surface area contributed by atoms with Crippen LogP contribution in [0.1, 0.15) is 29.6 Å². The zero-order chi connectivity index (χ0) is 17.0. The van der Waals surface area contributed by atoms with Gasteiger partial charge in [0.2, 0.25) is 5.91 Å². The van der Waals surface area contributed by atoms with Gasteiger partial charge in [-0.1, -0.05) is 0 Å². The second kappa shape index (κ2) is 7.21. The molecule has 1 heterocycles. The Kier molecular flexibility index (Phi) is 5.04. The lowest BCUT2D eigenvalue weighted by Crippen LogP contribution is -2.37. The highest BCUT2D eigenvalue weighted by Gasteiger charge is 2.57. The lowest BCUT2D eigenvalue weighted by atomic mass is 9.92. The van der Waals surface area contributed by atoms with E-state index in [9.17, 15) is 9.59 Å². The average molecular weight is 331 g/mol. The maximum Gasteiger partial charge on any atom is 0.251 e. The van der Waals surface area contributed by atoms with Gasteiger partial charge in [0.15, 0.2) is 0 Å². The van der Waals surface area contributed by atoms with Crippen LogP contribution in [0.3, 0.4) is 0 Å². The van der Waals surface area contributed by atoms with Gasteiger partial charge in [-0.05, 0) is 62.0 Å². The highest BCUT2D eigenvalue weighted by molar-refractivity contribution is 5.94. The van der Waals surface area contributed by atoms with Crippen molar-refractivity contribution in [1.29, 1.82) is 0 Å². The van der Waals surface area contributed by atoms with Gasteiger partial charge in [0.1, 0.15) is 5.75 Å². The number of methoxy groups -OCH3 is 1. The minimum Gasteiger partial charge on any atom is -0.497 e. The minimum atomic E-state index is -0.145. The van der Waals surface area contributed by atoms with E-state index in [0.29, 0.717) is 18.7 Å². The Morgan fingerprint density at radius 1 is 1.17 bits per heavy atom. The van der Waals surface area contributed by atoms with Crippen molar-refractivity contribution in [2.45, 2.75) is 19.3 Å². The molecule has 1 saturated heterocycles. The minimum absolute atomic E-state index is 0.135. The van der Waals surface area contributed by atoms with Crippen LogP contribution in [0.25, 0.3) is 0 Å². The standard InChI is InChI=1S/C18H25N3O3/c1-24-14-4-2-13(3-5-14)16(22)20-10-11-21-17(23)15-12-18(15)6-8-19-9-7-18/h2-5,15,19H,6-12H2,1H3,(H,20,22)(H,21,23). The van der Waals surface area contributed by atoms with Gasteiger partial charge in [0, 0.05) is 24.6 Å². The molecule has 1 aliphatic carbocycles. The molecule has 1 aliphatic heterocycles. The van der Waals surface area contributed by atoms with E-state index in [0.717, 1.165) is 38.1 Å². The first-order valence-corrected chi connectivity index (χ1v) is 8.55. The number of carbonyl (C=O) groups excluding carboxylic acids is 2. The molecule has 3 rings (SSSR count). The second-order valence-corrected chi connectivity index (χ2v) is 6.64.